The lowest BCUT2D eigenvalue weighted by molar-refractivity contribution is 0.0716. The summed E-state index contributed by atoms with van der Waals surface area (Å²) in [6.07, 6.45) is 16.6. The predicted octanol–water partition coefficient (Wildman–Crippen LogP) is 8.21. The van der Waals surface area contributed by atoms with Crippen molar-refractivity contribution in [1.82, 2.24) is 0 Å². The van der Waals surface area contributed by atoms with Crippen molar-refractivity contribution >= 4 is 0 Å². The highest BCUT2D eigenvalue weighted by molar-refractivity contribution is 5.30. The van der Waals surface area contributed by atoms with Crippen molar-refractivity contribution in [3.05, 3.63) is 47.5 Å². The van der Waals surface area contributed by atoms with Gasteiger partial charge in [0.15, 0.2) is 0 Å². The quantitative estimate of drug-likeness (QED) is 0.437. The Kier molecular flexibility index (Phi) is 6.76. The van der Waals surface area contributed by atoms with Gasteiger partial charge >= 0.3 is 0 Å². The normalized spacial score (nSPS) is 35.1. The monoisotopic (exact) mass is 400 g/mol. The van der Waals surface area contributed by atoms with Crippen LogP contribution in [0.5, 0.6) is 0 Å². The molecule has 0 bridgehead atoms. The molecule has 3 fully saturated rings. The second-order valence-corrected chi connectivity index (χ2v) is 10.2. The first kappa shape index (κ1) is 21.1. The average molecular weight is 401 g/mol. The zero-order valence-electron chi connectivity index (χ0n) is 18.1. The van der Waals surface area contributed by atoms with E-state index in [1.807, 2.05) is 0 Å². The molecule has 2 heteroatoms. The molecule has 3 saturated carbocycles. The SMILES string of the molecule is C=CCc1c(F)cc(C2CCC3CC(C4CCC(CC)CC4)CCC3C2)cc1F. The van der Waals surface area contributed by atoms with Gasteiger partial charge in [-0.1, -0.05) is 32.3 Å². The molecule has 0 radical (unpaired) electrons. The van der Waals surface area contributed by atoms with Crippen LogP contribution in [0.25, 0.3) is 0 Å². The lowest BCUT2D eigenvalue weighted by atomic mass is 9.60. The summed E-state index contributed by atoms with van der Waals surface area (Å²) < 4.78 is 28.8. The van der Waals surface area contributed by atoms with E-state index in [4.69, 9.17) is 0 Å². The summed E-state index contributed by atoms with van der Waals surface area (Å²) in [5.74, 6) is 4.04. The van der Waals surface area contributed by atoms with E-state index in [2.05, 4.69) is 13.5 Å². The van der Waals surface area contributed by atoms with Gasteiger partial charge in [-0.25, -0.2) is 8.78 Å². The van der Waals surface area contributed by atoms with Gasteiger partial charge in [0.25, 0.3) is 0 Å². The molecule has 1 aromatic rings. The van der Waals surface area contributed by atoms with Crippen LogP contribution in [-0.4, -0.2) is 0 Å². The first-order chi connectivity index (χ1) is 14.1. The van der Waals surface area contributed by atoms with E-state index in [-0.39, 0.29) is 12.0 Å². The van der Waals surface area contributed by atoms with Gasteiger partial charge in [0.05, 0.1) is 0 Å². The third kappa shape index (κ3) is 4.62. The second-order valence-electron chi connectivity index (χ2n) is 10.2. The largest absolute Gasteiger partial charge is 0.207 e. The first-order valence-corrected chi connectivity index (χ1v) is 12.2. The van der Waals surface area contributed by atoms with Crippen molar-refractivity contribution in [3.8, 4) is 0 Å². The first-order valence-electron chi connectivity index (χ1n) is 12.2. The molecule has 0 aliphatic heterocycles. The summed E-state index contributed by atoms with van der Waals surface area (Å²) >= 11 is 0. The van der Waals surface area contributed by atoms with Crippen molar-refractivity contribution in [2.75, 3.05) is 0 Å². The molecule has 29 heavy (non-hydrogen) atoms. The van der Waals surface area contributed by atoms with Crippen molar-refractivity contribution in [3.63, 3.8) is 0 Å². The van der Waals surface area contributed by atoms with Gasteiger partial charge in [-0.15, -0.1) is 6.58 Å². The summed E-state index contributed by atoms with van der Waals surface area (Å²) in [5.41, 5.74) is 1.04. The molecule has 0 N–H and O–H groups in total. The Morgan fingerprint density at radius 3 is 2.00 bits per heavy atom. The molecule has 160 valence electrons. The summed E-state index contributed by atoms with van der Waals surface area (Å²) in [5, 5.41) is 0. The topological polar surface area (TPSA) is 0 Å². The Balaban J connectivity index is 1.36. The molecule has 4 atom stereocenters. The van der Waals surface area contributed by atoms with Crippen molar-refractivity contribution in [2.45, 2.75) is 89.9 Å². The molecule has 0 aromatic heterocycles. The van der Waals surface area contributed by atoms with E-state index >= 15 is 0 Å². The standard InChI is InChI=1S/C27H38F2/c1-3-5-25-26(28)16-24(17-27(25)29)23-13-12-21-14-20(10-11-22(21)15-23)19-8-6-18(4-2)7-9-19/h3,16-23H,1,4-15H2,2H3. The average Bonchev–Trinajstić information content (AvgIpc) is 2.75. The van der Waals surface area contributed by atoms with Crippen molar-refractivity contribution in [2.24, 2.45) is 29.6 Å². The Hall–Kier alpha value is -1.18. The fourth-order valence-corrected chi connectivity index (χ4v) is 6.92. The molecule has 0 saturated heterocycles. The smallest absolute Gasteiger partial charge is 0.129 e. The molecule has 0 spiro atoms. The van der Waals surface area contributed by atoms with Crippen LogP contribution in [0.4, 0.5) is 8.78 Å². The van der Waals surface area contributed by atoms with Crippen molar-refractivity contribution < 1.29 is 8.78 Å². The minimum absolute atomic E-state index is 0.163. The van der Waals surface area contributed by atoms with Crippen LogP contribution in [0.15, 0.2) is 24.8 Å². The molecule has 3 aliphatic rings. The Morgan fingerprint density at radius 1 is 0.828 bits per heavy atom. The minimum atomic E-state index is -0.395. The molecular formula is C27H38F2. The highest BCUT2D eigenvalue weighted by atomic mass is 19.1. The highest BCUT2D eigenvalue weighted by Crippen LogP contribution is 2.51. The van der Waals surface area contributed by atoms with Crippen LogP contribution in [0.2, 0.25) is 0 Å². The van der Waals surface area contributed by atoms with Gasteiger partial charge in [-0.3, -0.25) is 0 Å². The summed E-state index contributed by atoms with van der Waals surface area (Å²) in [6, 6.07) is 3.20. The molecule has 0 amide bonds. The van der Waals surface area contributed by atoms with Gasteiger partial charge in [-0.2, -0.15) is 0 Å². The highest BCUT2D eigenvalue weighted by Gasteiger charge is 2.39. The summed E-state index contributed by atoms with van der Waals surface area (Å²) in [4.78, 5) is 0. The van der Waals surface area contributed by atoms with E-state index in [9.17, 15) is 8.78 Å². The van der Waals surface area contributed by atoms with Crippen molar-refractivity contribution in [1.29, 1.82) is 0 Å². The predicted molar refractivity (Wildman–Crippen MR) is 117 cm³/mol. The maximum atomic E-state index is 14.4. The van der Waals surface area contributed by atoms with Gasteiger partial charge in [-0.05, 0) is 111 Å². The molecule has 4 rings (SSSR count). The lowest BCUT2D eigenvalue weighted by Gasteiger charge is -2.45. The number of hydrogen-bond donors (Lipinski definition) is 0. The van der Waals surface area contributed by atoms with Crippen LogP contribution in [-0.2, 0) is 6.42 Å². The van der Waals surface area contributed by atoms with E-state index < -0.39 is 11.6 Å². The van der Waals surface area contributed by atoms with Crippen LogP contribution < -0.4 is 0 Å². The number of allylic oxidation sites excluding steroid dienone is 1. The Morgan fingerprint density at radius 2 is 1.38 bits per heavy atom. The number of halogens is 2. The van der Waals surface area contributed by atoms with E-state index in [1.54, 1.807) is 18.2 Å². The van der Waals surface area contributed by atoms with Crippen LogP contribution >= 0.6 is 0 Å². The number of benzene rings is 1. The van der Waals surface area contributed by atoms with Gasteiger partial charge in [0, 0.05) is 5.56 Å². The maximum Gasteiger partial charge on any atom is 0.129 e. The van der Waals surface area contributed by atoms with E-state index in [0.29, 0.717) is 5.92 Å². The fourth-order valence-electron chi connectivity index (χ4n) is 6.92. The second kappa shape index (κ2) is 9.31. The number of hydrogen-bond acceptors (Lipinski definition) is 0. The number of rotatable bonds is 5. The molecule has 1 aromatic carbocycles. The molecule has 0 nitrogen and oxygen atoms in total. The third-order valence-electron chi connectivity index (χ3n) is 8.77. The zero-order valence-corrected chi connectivity index (χ0v) is 18.1. The summed E-state index contributed by atoms with van der Waals surface area (Å²) in [7, 11) is 0. The number of fused-ring (bicyclic) bond motifs is 1. The molecular weight excluding hydrogens is 362 g/mol. The Bertz CT molecular complexity index is 677. The lowest BCUT2D eigenvalue weighted by Crippen LogP contribution is -2.34. The Labute approximate surface area is 176 Å². The zero-order chi connectivity index (χ0) is 20.4. The maximum absolute atomic E-state index is 14.4. The van der Waals surface area contributed by atoms with E-state index in [0.717, 1.165) is 48.0 Å². The molecule has 4 unspecified atom stereocenters. The molecule has 3 aliphatic carbocycles. The van der Waals surface area contributed by atoms with E-state index in [1.165, 1.54) is 57.8 Å². The minimum Gasteiger partial charge on any atom is -0.207 e. The van der Waals surface area contributed by atoms with Gasteiger partial charge in [0.1, 0.15) is 11.6 Å². The van der Waals surface area contributed by atoms with Gasteiger partial charge in [0.2, 0.25) is 0 Å². The summed E-state index contributed by atoms with van der Waals surface area (Å²) in [6.45, 7) is 5.96. The molecule has 0 heterocycles. The van der Waals surface area contributed by atoms with Crippen LogP contribution in [0, 0.1) is 41.2 Å². The van der Waals surface area contributed by atoms with Crippen LogP contribution in [0.3, 0.4) is 0 Å². The van der Waals surface area contributed by atoms with Crippen LogP contribution in [0.1, 0.15) is 94.6 Å². The fraction of sp³-hybridized carbons (Fsp3) is 0.704. The third-order valence-corrected chi connectivity index (χ3v) is 8.77. The van der Waals surface area contributed by atoms with Gasteiger partial charge < -0.3 is 0 Å².